The molecule has 0 atom stereocenters. The van der Waals surface area contributed by atoms with Gasteiger partial charge in [-0.25, -0.2) is 39.9 Å². The average Bonchev–Trinajstić information content (AvgIpc) is 4.17. The van der Waals surface area contributed by atoms with E-state index in [0.717, 1.165) is 143 Å². The van der Waals surface area contributed by atoms with E-state index in [2.05, 4.69) is 99.7 Å². The molecular weight excluding hydrogens is 785 g/mol. The molecule has 10 rings (SSSR count). The van der Waals surface area contributed by atoms with Gasteiger partial charge in [-0.1, -0.05) is 55.4 Å². The van der Waals surface area contributed by atoms with Gasteiger partial charge in [-0.3, -0.25) is 0 Å². The Morgan fingerprint density at radius 3 is 1.00 bits per heavy atom. The molecule has 10 aliphatic heterocycles. The summed E-state index contributed by atoms with van der Waals surface area (Å²) in [5.41, 5.74) is 26.4. The summed E-state index contributed by atoms with van der Waals surface area (Å²) in [6.45, 7) is 18.1. The van der Waals surface area contributed by atoms with Gasteiger partial charge in [0.25, 0.3) is 0 Å². The number of aliphatic imine (C=N–C) groups is 8. The van der Waals surface area contributed by atoms with Gasteiger partial charge in [-0.15, -0.1) is 0 Å². The topological polar surface area (TPSA) is 98.9 Å². The standard InChI is InChI=1S/C36H44N4.C20H12N4/c1-9-23-25(11-3)33-29(15-7)35-27(13-5)28(14-6)36(40-35)30(16-8)34-26(12-4)24(10-2)32(39-34)20-22-18-17-21(37-22)19-31(23)38-33;1-2-14-10-16-5-6-18(23-16)12-20-8-7-19(24-20)11-17-4-3-15(22-17)9-13(1)21-14/h17-20H,9-16H2,1-8H3;1-12H. The highest BCUT2D eigenvalue weighted by atomic mass is 14.9. The number of nitrogens with zero attached hydrogens (tertiary/aromatic N) is 8. The largest absolute Gasteiger partial charge is 0.249 e. The molecule has 0 spiro atoms. The van der Waals surface area contributed by atoms with E-state index in [0.29, 0.717) is 0 Å². The Morgan fingerprint density at radius 1 is 0.266 bits per heavy atom. The zero-order chi connectivity index (χ0) is 44.5. The number of fused-ring (bicyclic) bond motifs is 8. The van der Waals surface area contributed by atoms with Gasteiger partial charge in [-0.05, 0) is 182 Å². The first-order valence-corrected chi connectivity index (χ1v) is 23.3. The van der Waals surface area contributed by atoms with Gasteiger partial charge >= 0.3 is 0 Å². The third-order valence-electron chi connectivity index (χ3n) is 12.7. The van der Waals surface area contributed by atoms with Crippen molar-refractivity contribution >= 4 is 45.7 Å². The first kappa shape index (κ1) is 42.5. The van der Waals surface area contributed by atoms with Crippen molar-refractivity contribution in [3.8, 4) is 0 Å². The normalized spacial score (nSPS) is 21.4. The first-order chi connectivity index (χ1) is 31.3. The average molecular weight is 841 g/mol. The van der Waals surface area contributed by atoms with Crippen LogP contribution in [-0.2, 0) is 0 Å². The van der Waals surface area contributed by atoms with Crippen LogP contribution in [0.15, 0.2) is 227 Å². The van der Waals surface area contributed by atoms with Crippen molar-refractivity contribution in [3.05, 3.63) is 187 Å². The van der Waals surface area contributed by atoms with Crippen molar-refractivity contribution in [2.75, 3.05) is 0 Å². The van der Waals surface area contributed by atoms with Crippen LogP contribution in [0.3, 0.4) is 0 Å². The molecule has 16 bridgehead atoms. The van der Waals surface area contributed by atoms with Gasteiger partial charge in [0, 0.05) is 11.1 Å². The van der Waals surface area contributed by atoms with E-state index >= 15 is 0 Å². The summed E-state index contributed by atoms with van der Waals surface area (Å²) < 4.78 is 0. The lowest BCUT2D eigenvalue weighted by atomic mass is 9.88. The molecule has 10 heterocycles. The fourth-order valence-electron chi connectivity index (χ4n) is 9.74. The minimum atomic E-state index is 0.894. The predicted molar refractivity (Wildman–Crippen MR) is 271 cm³/mol. The van der Waals surface area contributed by atoms with Crippen LogP contribution in [0, 0.1) is 0 Å². The first-order valence-electron chi connectivity index (χ1n) is 23.3. The lowest BCUT2D eigenvalue weighted by Crippen LogP contribution is -2.07. The third-order valence-corrected chi connectivity index (χ3v) is 12.7. The highest BCUT2D eigenvalue weighted by Crippen LogP contribution is 2.43. The molecule has 10 aliphatic rings. The monoisotopic (exact) mass is 840 g/mol. The Labute approximate surface area is 378 Å². The van der Waals surface area contributed by atoms with Crippen molar-refractivity contribution < 1.29 is 0 Å². The van der Waals surface area contributed by atoms with Crippen molar-refractivity contribution in [2.45, 2.75) is 107 Å². The summed E-state index contributed by atoms with van der Waals surface area (Å²) in [6, 6.07) is 0. The van der Waals surface area contributed by atoms with Crippen molar-refractivity contribution in [1.29, 1.82) is 0 Å². The highest BCUT2D eigenvalue weighted by molar-refractivity contribution is 6.22. The Kier molecular flexibility index (Phi) is 12.0. The highest BCUT2D eigenvalue weighted by Gasteiger charge is 2.33. The second kappa shape index (κ2) is 18.1. The van der Waals surface area contributed by atoms with Crippen molar-refractivity contribution in [2.24, 2.45) is 39.9 Å². The quantitative estimate of drug-likeness (QED) is 0.233. The van der Waals surface area contributed by atoms with Gasteiger partial charge in [0.1, 0.15) is 0 Å². The smallest absolute Gasteiger partial charge is 0.0726 e. The van der Waals surface area contributed by atoms with Crippen molar-refractivity contribution in [3.63, 3.8) is 0 Å². The SMILES string of the molecule is C1=CC2=NC1=CC1=NC(=CC3=NC(=CC4=NC(=C2)C=C4)C=C3)C=C1.CCC1=C(CC)C2=NC1=CC1=NC(=CC3=NC(=C(CC)C4=NC(=C2CC)C(CC)=C4CC)C(CC)=C3CC)C=C1. The van der Waals surface area contributed by atoms with Crippen LogP contribution in [0.1, 0.15) is 107 Å². The van der Waals surface area contributed by atoms with Crippen LogP contribution in [0.4, 0.5) is 0 Å². The number of rotatable bonds is 8. The van der Waals surface area contributed by atoms with Gasteiger partial charge in [-0.2, -0.15) is 0 Å². The van der Waals surface area contributed by atoms with Crippen LogP contribution in [0.25, 0.3) is 0 Å². The maximum Gasteiger partial charge on any atom is 0.0726 e. The molecule has 320 valence electrons. The number of allylic oxidation sites excluding steroid dienone is 24. The number of hydrogen-bond acceptors (Lipinski definition) is 8. The van der Waals surface area contributed by atoms with E-state index in [1.54, 1.807) is 0 Å². The lowest BCUT2D eigenvalue weighted by molar-refractivity contribution is 1.02. The Hall–Kier alpha value is -6.80. The molecule has 8 heteroatoms. The second-order valence-corrected chi connectivity index (χ2v) is 16.5. The van der Waals surface area contributed by atoms with Crippen LogP contribution in [-0.4, -0.2) is 45.7 Å². The molecule has 0 radical (unpaired) electrons. The summed E-state index contributed by atoms with van der Waals surface area (Å²) in [5.74, 6) is 0. The third kappa shape index (κ3) is 8.02. The summed E-state index contributed by atoms with van der Waals surface area (Å²) in [4.78, 5) is 39.6. The Morgan fingerprint density at radius 2 is 0.594 bits per heavy atom. The molecule has 0 aromatic carbocycles. The van der Waals surface area contributed by atoms with Crippen LogP contribution < -0.4 is 0 Å². The predicted octanol–water partition coefficient (Wildman–Crippen LogP) is 13.4. The van der Waals surface area contributed by atoms with Gasteiger partial charge in [0.15, 0.2) is 0 Å². The van der Waals surface area contributed by atoms with E-state index < -0.39 is 0 Å². The summed E-state index contributed by atoms with van der Waals surface area (Å²) in [7, 11) is 0. The molecule has 0 aliphatic carbocycles. The molecular formula is C56H56N8. The molecule has 64 heavy (non-hydrogen) atoms. The molecule has 0 aromatic rings. The summed E-state index contributed by atoms with van der Waals surface area (Å²) in [6.07, 6.45) is 39.9. The maximum absolute atomic E-state index is 5.54. The fraction of sp³-hybridized carbons (Fsp3) is 0.286. The van der Waals surface area contributed by atoms with Crippen LogP contribution in [0.2, 0.25) is 0 Å². The molecule has 0 amide bonds. The van der Waals surface area contributed by atoms with Gasteiger partial charge in [0.2, 0.25) is 0 Å². The minimum Gasteiger partial charge on any atom is -0.249 e. The zero-order valence-corrected chi connectivity index (χ0v) is 38.5. The summed E-state index contributed by atoms with van der Waals surface area (Å²) >= 11 is 0. The molecule has 0 fully saturated rings. The molecule has 0 aromatic heterocycles. The van der Waals surface area contributed by atoms with Crippen LogP contribution >= 0.6 is 0 Å². The summed E-state index contributed by atoms with van der Waals surface area (Å²) in [5, 5.41) is 0. The molecule has 8 nitrogen and oxygen atoms in total. The molecule has 0 N–H and O–H groups in total. The molecule has 0 unspecified atom stereocenters. The number of hydrogen-bond donors (Lipinski definition) is 0. The zero-order valence-electron chi connectivity index (χ0n) is 38.5. The van der Waals surface area contributed by atoms with E-state index in [9.17, 15) is 0 Å². The van der Waals surface area contributed by atoms with Crippen molar-refractivity contribution in [1.82, 2.24) is 0 Å². The van der Waals surface area contributed by atoms with E-state index in [1.165, 1.54) is 44.6 Å². The van der Waals surface area contributed by atoms with Gasteiger partial charge < -0.3 is 0 Å². The van der Waals surface area contributed by atoms with Crippen LogP contribution in [0.5, 0.6) is 0 Å². The van der Waals surface area contributed by atoms with E-state index in [-0.39, 0.29) is 0 Å². The molecule has 0 saturated carbocycles. The molecule has 0 saturated heterocycles. The van der Waals surface area contributed by atoms with E-state index in [4.69, 9.17) is 20.0 Å². The maximum atomic E-state index is 5.54. The second-order valence-electron chi connectivity index (χ2n) is 16.5. The Balaban J connectivity index is 0.000000182. The minimum absolute atomic E-state index is 0.894. The lowest BCUT2D eigenvalue weighted by Gasteiger charge is -2.14. The fourth-order valence-corrected chi connectivity index (χ4v) is 9.74. The Bertz CT molecular complexity index is 2760. The van der Waals surface area contributed by atoms with Gasteiger partial charge in [0.05, 0.1) is 91.3 Å². The van der Waals surface area contributed by atoms with E-state index in [1.807, 2.05) is 72.9 Å².